The first-order valence-corrected chi connectivity index (χ1v) is 10.4. The van der Waals surface area contributed by atoms with Crippen LogP contribution in [0.25, 0.3) is 5.76 Å². The molecule has 9 nitrogen and oxygen atoms in total. The number of aliphatic hydroxyl groups excluding tert-OH is 1. The summed E-state index contributed by atoms with van der Waals surface area (Å²) in [5.74, 6) is -0.416. The average Bonchev–Trinajstić information content (AvgIpc) is 3.44. The number of nitrogens with zero attached hydrogens (tertiary/aromatic N) is 2. The van der Waals surface area contributed by atoms with Crippen LogP contribution in [0.2, 0.25) is 0 Å². The fraction of sp³-hybridized carbons (Fsp3) is 0.391. The third-order valence-electron chi connectivity index (χ3n) is 5.77. The van der Waals surface area contributed by atoms with Crippen LogP contribution in [0.1, 0.15) is 17.4 Å². The van der Waals surface area contributed by atoms with Gasteiger partial charge in [-0.25, -0.2) is 0 Å². The van der Waals surface area contributed by atoms with E-state index in [1.807, 2.05) is 0 Å². The summed E-state index contributed by atoms with van der Waals surface area (Å²) in [7, 11) is 2.99. The molecule has 1 aromatic carbocycles. The zero-order valence-electron chi connectivity index (χ0n) is 18.1. The van der Waals surface area contributed by atoms with Gasteiger partial charge >= 0.3 is 0 Å². The molecule has 2 aliphatic rings. The van der Waals surface area contributed by atoms with Gasteiger partial charge < -0.3 is 28.6 Å². The number of amides is 1. The summed E-state index contributed by atoms with van der Waals surface area (Å²) < 4.78 is 21.5. The molecule has 1 aromatic heterocycles. The molecule has 0 unspecified atom stereocenters. The van der Waals surface area contributed by atoms with Crippen LogP contribution in [0, 0.1) is 0 Å². The number of hydrogen-bond donors (Lipinski definition) is 1. The van der Waals surface area contributed by atoms with E-state index in [1.54, 1.807) is 30.3 Å². The molecule has 0 saturated carbocycles. The lowest BCUT2D eigenvalue weighted by Crippen LogP contribution is -2.42. The van der Waals surface area contributed by atoms with E-state index in [4.69, 9.17) is 18.6 Å². The number of likely N-dealkylation sites (tertiary alicyclic amines) is 1. The number of ether oxygens (including phenoxy) is 3. The van der Waals surface area contributed by atoms with Crippen molar-refractivity contribution >= 4 is 17.4 Å². The Bertz CT molecular complexity index is 1010. The van der Waals surface area contributed by atoms with Crippen LogP contribution in [0.3, 0.4) is 0 Å². The third-order valence-corrected chi connectivity index (χ3v) is 5.77. The third kappa shape index (κ3) is 4.09. The molecule has 3 heterocycles. The highest BCUT2D eigenvalue weighted by Crippen LogP contribution is 2.40. The van der Waals surface area contributed by atoms with Gasteiger partial charge in [0.05, 0.1) is 39.3 Å². The van der Waals surface area contributed by atoms with Gasteiger partial charge in [-0.2, -0.15) is 0 Å². The second-order valence-electron chi connectivity index (χ2n) is 7.53. The zero-order chi connectivity index (χ0) is 22.7. The molecule has 2 fully saturated rings. The number of methoxy groups -OCH3 is 2. The summed E-state index contributed by atoms with van der Waals surface area (Å²) in [4.78, 5) is 29.6. The summed E-state index contributed by atoms with van der Waals surface area (Å²) in [6.07, 6.45) is 1.48. The van der Waals surface area contributed by atoms with Crippen LogP contribution in [-0.4, -0.2) is 80.2 Å². The van der Waals surface area contributed by atoms with E-state index in [1.165, 1.54) is 25.4 Å². The number of rotatable bonds is 7. The minimum absolute atomic E-state index is 0.0147. The fourth-order valence-corrected chi connectivity index (χ4v) is 4.07. The molecule has 2 aliphatic heterocycles. The van der Waals surface area contributed by atoms with Crippen molar-refractivity contribution in [2.75, 3.05) is 53.6 Å². The molecule has 0 bridgehead atoms. The molecule has 1 amide bonds. The highest BCUT2D eigenvalue weighted by Gasteiger charge is 2.47. The highest BCUT2D eigenvalue weighted by atomic mass is 16.5. The Kier molecular flexibility index (Phi) is 6.48. The Balaban J connectivity index is 1.71. The normalized spacial score (nSPS) is 21.2. The van der Waals surface area contributed by atoms with Gasteiger partial charge in [-0.05, 0) is 30.3 Å². The predicted molar refractivity (Wildman–Crippen MR) is 115 cm³/mol. The van der Waals surface area contributed by atoms with Crippen LogP contribution in [-0.2, 0) is 14.3 Å². The Morgan fingerprint density at radius 3 is 2.50 bits per heavy atom. The molecule has 2 aromatic rings. The number of carbonyl (C=O) groups is 2. The Labute approximate surface area is 185 Å². The van der Waals surface area contributed by atoms with E-state index < -0.39 is 17.7 Å². The van der Waals surface area contributed by atoms with Gasteiger partial charge in [-0.1, -0.05) is 0 Å². The molecule has 0 radical (unpaired) electrons. The predicted octanol–water partition coefficient (Wildman–Crippen LogP) is 2.05. The molecule has 0 aliphatic carbocycles. The van der Waals surface area contributed by atoms with Crippen LogP contribution in [0.15, 0.2) is 46.6 Å². The number of morpholine rings is 1. The lowest BCUT2D eigenvalue weighted by molar-refractivity contribution is -0.140. The Hall–Kier alpha value is -3.30. The quantitative estimate of drug-likeness (QED) is 0.395. The summed E-state index contributed by atoms with van der Waals surface area (Å²) in [5.41, 5.74) is 0.324. The second-order valence-corrected chi connectivity index (χ2v) is 7.53. The van der Waals surface area contributed by atoms with Crippen LogP contribution >= 0.6 is 0 Å². The topological polar surface area (TPSA) is 102 Å². The average molecular weight is 442 g/mol. The number of benzene rings is 1. The van der Waals surface area contributed by atoms with E-state index >= 15 is 0 Å². The molecule has 1 N–H and O–H groups in total. The standard InChI is InChI=1S/C23H26N2O7/c1-29-16-6-5-15(14-18(16)30-2)21(26)19-20(17-4-3-11-32-17)25(23(28)22(19)27)8-7-24-9-12-31-13-10-24/h3-6,11,14,20,26H,7-10,12-13H2,1-2H3/t20-/m1/s1. The van der Waals surface area contributed by atoms with E-state index in [-0.39, 0.29) is 11.3 Å². The van der Waals surface area contributed by atoms with Gasteiger partial charge in [0.2, 0.25) is 0 Å². The van der Waals surface area contributed by atoms with E-state index in [0.29, 0.717) is 49.1 Å². The first-order valence-electron chi connectivity index (χ1n) is 10.4. The van der Waals surface area contributed by atoms with Crippen molar-refractivity contribution in [1.82, 2.24) is 9.80 Å². The van der Waals surface area contributed by atoms with Gasteiger partial charge in [0.15, 0.2) is 11.5 Å². The summed E-state index contributed by atoms with van der Waals surface area (Å²) in [6, 6.07) is 7.36. The van der Waals surface area contributed by atoms with E-state index in [2.05, 4.69) is 4.90 Å². The summed E-state index contributed by atoms with van der Waals surface area (Å²) in [5, 5.41) is 11.1. The maximum Gasteiger partial charge on any atom is 0.295 e. The minimum Gasteiger partial charge on any atom is -0.507 e. The molecule has 9 heteroatoms. The number of Topliss-reactive ketones (excluding diaryl/α,β-unsaturated/α-hetero) is 1. The molecule has 1 atom stereocenters. The van der Waals surface area contributed by atoms with Gasteiger partial charge in [0, 0.05) is 31.7 Å². The van der Waals surface area contributed by atoms with Crippen molar-refractivity contribution in [3.63, 3.8) is 0 Å². The summed E-state index contributed by atoms with van der Waals surface area (Å²) in [6.45, 7) is 3.71. The molecule has 4 rings (SSSR count). The number of ketones is 1. The minimum atomic E-state index is -0.820. The fourth-order valence-electron chi connectivity index (χ4n) is 4.07. The monoisotopic (exact) mass is 442 g/mol. The Morgan fingerprint density at radius 1 is 1.09 bits per heavy atom. The van der Waals surface area contributed by atoms with Gasteiger partial charge in [0.25, 0.3) is 11.7 Å². The second kappa shape index (κ2) is 9.46. The molecule has 2 saturated heterocycles. The van der Waals surface area contributed by atoms with Gasteiger partial charge in [-0.15, -0.1) is 0 Å². The van der Waals surface area contributed by atoms with Crippen molar-refractivity contribution < 1.29 is 33.3 Å². The van der Waals surface area contributed by atoms with E-state index in [0.717, 1.165) is 13.1 Å². The summed E-state index contributed by atoms with van der Waals surface area (Å²) >= 11 is 0. The molecule has 0 spiro atoms. The van der Waals surface area contributed by atoms with Crippen LogP contribution < -0.4 is 9.47 Å². The van der Waals surface area contributed by atoms with Crippen LogP contribution in [0.4, 0.5) is 0 Å². The molecule has 170 valence electrons. The van der Waals surface area contributed by atoms with Gasteiger partial charge in [-0.3, -0.25) is 14.5 Å². The largest absolute Gasteiger partial charge is 0.507 e. The van der Waals surface area contributed by atoms with Crippen molar-refractivity contribution in [3.8, 4) is 11.5 Å². The first kappa shape index (κ1) is 21.9. The first-order chi connectivity index (χ1) is 15.5. The highest BCUT2D eigenvalue weighted by molar-refractivity contribution is 6.46. The number of hydrogen-bond acceptors (Lipinski definition) is 8. The molecule has 32 heavy (non-hydrogen) atoms. The SMILES string of the molecule is COc1ccc(C(O)=C2C(=O)C(=O)N(CCN3CCOCC3)[C@@H]2c2ccco2)cc1OC. The van der Waals surface area contributed by atoms with Crippen LogP contribution in [0.5, 0.6) is 11.5 Å². The van der Waals surface area contributed by atoms with Crippen molar-refractivity contribution in [2.24, 2.45) is 0 Å². The zero-order valence-corrected chi connectivity index (χ0v) is 18.1. The number of furan rings is 1. The number of aliphatic hydroxyl groups is 1. The maximum absolute atomic E-state index is 13.0. The molecular weight excluding hydrogens is 416 g/mol. The van der Waals surface area contributed by atoms with Gasteiger partial charge in [0.1, 0.15) is 17.6 Å². The number of carbonyl (C=O) groups excluding carboxylic acids is 2. The molecular formula is C23H26N2O7. The smallest absolute Gasteiger partial charge is 0.295 e. The van der Waals surface area contributed by atoms with Crippen molar-refractivity contribution in [3.05, 3.63) is 53.5 Å². The lowest BCUT2D eigenvalue weighted by Gasteiger charge is -2.30. The maximum atomic E-state index is 13.0. The van der Waals surface area contributed by atoms with Crippen molar-refractivity contribution in [1.29, 1.82) is 0 Å². The Morgan fingerprint density at radius 2 is 1.84 bits per heavy atom. The van der Waals surface area contributed by atoms with E-state index in [9.17, 15) is 14.7 Å². The lowest BCUT2D eigenvalue weighted by atomic mass is 9.99. The van der Waals surface area contributed by atoms with Crippen molar-refractivity contribution in [2.45, 2.75) is 6.04 Å².